The fraction of sp³-hybridized carbons (Fsp3) is 0.312. The zero-order valence-electron chi connectivity index (χ0n) is 12.5. The van der Waals surface area contributed by atoms with Crippen LogP contribution in [0.1, 0.15) is 41.5 Å². The molecule has 1 aliphatic heterocycles. The summed E-state index contributed by atoms with van der Waals surface area (Å²) >= 11 is 0. The maximum atomic E-state index is 13.1. The van der Waals surface area contributed by atoms with Crippen LogP contribution in [0.5, 0.6) is 0 Å². The molecule has 23 heavy (non-hydrogen) atoms. The quantitative estimate of drug-likeness (QED) is 0.783. The second-order valence-electron chi connectivity index (χ2n) is 5.61. The van der Waals surface area contributed by atoms with E-state index >= 15 is 0 Å². The van der Waals surface area contributed by atoms with E-state index in [0.29, 0.717) is 17.6 Å². The maximum absolute atomic E-state index is 13.1. The Labute approximate surface area is 132 Å². The van der Waals surface area contributed by atoms with Gasteiger partial charge in [-0.1, -0.05) is 6.07 Å². The van der Waals surface area contributed by atoms with Crippen molar-refractivity contribution >= 4 is 16.9 Å². The van der Waals surface area contributed by atoms with Crippen LogP contribution in [-0.4, -0.2) is 42.5 Å². The molecule has 1 N–H and O–H groups in total. The molecule has 1 saturated heterocycles. The molecule has 3 aromatic rings. The van der Waals surface area contributed by atoms with Crippen molar-refractivity contribution in [3.8, 4) is 0 Å². The summed E-state index contributed by atoms with van der Waals surface area (Å²) in [5.41, 5.74) is 1.95. The van der Waals surface area contributed by atoms with Crippen LogP contribution in [0.25, 0.3) is 11.0 Å². The SMILES string of the molecule is O=C(c1cccc2nccnc12)N1CCCC[C@H]1c1ncn[nH]1. The highest BCUT2D eigenvalue weighted by atomic mass is 16.2. The Morgan fingerprint density at radius 1 is 1.17 bits per heavy atom. The van der Waals surface area contributed by atoms with Gasteiger partial charge in [-0.05, 0) is 31.4 Å². The van der Waals surface area contributed by atoms with Crippen LogP contribution in [0.3, 0.4) is 0 Å². The van der Waals surface area contributed by atoms with Crippen LogP contribution in [0.15, 0.2) is 36.9 Å². The molecule has 1 fully saturated rings. The first-order chi connectivity index (χ1) is 11.3. The summed E-state index contributed by atoms with van der Waals surface area (Å²) in [6, 6.07) is 5.46. The Hall–Kier alpha value is -2.83. The summed E-state index contributed by atoms with van der Waals surface area (Å²) in [5.74, 6) is 0.710. The Morgan fingerprint density at radius 3 is 2.96 bits per heavy atom. The highest BCUT2D eigenvalue weighted by Gasteiger charge is 2.31. The Bertz CT molecular complexity index is 826. The number of aromatic amines is 1. The molecule has 0 aliphatic carbocycles. The van der Waals surface area contributed by atoms with Gasteiger partial charge >= 0.3 is 0 Å². The lowest BCUT2D eigenvalue weighted by molar-refractivity contribution is 0.0602. The standard InChI is InChI=1S/C16H16N6O/c23-16(11-4-3-5-12-14(11)18-8-7-17-12)22-9-2-1-6-13(22)15-19-10-20-21-15/h3-5,7-8,10,13H,1-2,6,9H2,(H,19,20,21)/t13-/m0/s1. The fourth-order valence-electron chi connectivity index (χ4n) is 3.15. The Kier molecular flexibility index (Phi) is 3.45. The number of likely N-dealkylation sites (tertiary alicyclic amines) is 1. The van der Waals surface area contributed by atoms with Crippen LogP contribution in [-0.2, 0) is 0 Å². The number of hydrogen-bond donors (Lipinski definition) is 1. The van der Waals surface area contributed by atoms with Gasteiger partial charge in [-0.15, -0.1) is 0 Å². The molecule has 0 spiro atoms. The van der Waals surface area contributed by atoms with Crippen molar-refractivity contribution in [3.05, 3.63) is 48.3 Å². The lowest BCUT2D eigenvalue weighted by Gasteiger charge is -2.34. The molecule has 4 rings (SSSR count). The largest absolute Gasteiger partial charge is 0.328 e. The van der Waals surface area contributed by atoms with Gasteiger partial charge in [0.2, 0.25) is 0 Å². The van der Waals surface area contributed by atoms with Gasteiger partial charge < -0.3 is 4.90 Å². The number of fused-ring (bicyclic) bond motifs is 1. The summed E-state index contributed by atoms with van der Waals surface area (Å²) in [5, 5.41) is 6.81. The van der Waals surface area contributed by atoms with Crippen molar-refractivity contribution in [2.45, 2.75) is 25.3 Å². The molecule has 0 saturated carbocycles. The molecule has 7 nitrogen and oxygen atoms in total. The monoisotopic (exact) mass is 308 g/mol. The van der Waals surface area contributed by atoms with Gasteiger partial charge in [-0.2, -0.15) is 5.10 Å². The lowest BCUT2D eigenvalue weighted by atomic mass is 10.00. The average molecular weight is 308 g/mol. The second kappa shape index (κ2) is 5.75. The van der Waals surface area contributed by atoms with Crippen molar-refractivity contribution in [1.82, 2.24) is 30.0 Å². The van der Waals surface area contributed by atoms with Gasteiger partial charge in [-0.25, -0.2) is 4.98 Å². The highest BCUT2D eigenvalue weighted by Crippen LogP contribution is 2.30. The molecule has 116 valence electrons. The first-order valence-electron chi connectivity index (χ1n) is 7.70. The predicted molar refractivity (Wildman–Crippen MR) is 83.5 cm³/mol. The van der Waals surface area contributed by atoms with Crippen LogP contribution in [0, 0.1) is 0 Å². The van der Waals surface area contributed by atoms with E-state index in [4.69, 9.17) is 0 Å². The third-order valence-electron chi connectivity index (χ3n) is 4.24. The van der Waals surface area contributed by atoms with E-state index in [1.165, 1.54) is 6.33 Å². The smallest absolute Gasteiger partial charge is 0.256 e. The Balaban J connectivity index is 1.74. The number of nitrogens with zero attached hydrogens (tertiary/aromatic N) is 5. The van der Waals surface area contributed by atoms with Crippen LogP contribution >= 0.6 is 0 Å². The van der Waals surface area contributed by atoms with Crippen molar-refractivity contribution < 1.29 is 4.79 Å². The predicted octanol–water partition coefficient (Wildman–Crippen LogP) is 2.12. The van der Waals surface area contributed by atoms with Crippen molar-refractivity contribution in [2.24, 2.45) is 0 Å². The number of carbonyl (C=O) groups is 1. The molecular formula is C16H16N6O. The number of piperidine rings is 1. The normalized spacial score (nSPS) is 18.3. The molecule has 0 unspecified atom stereocenters. The maximum Gasteiger partial charge on any atom is 0.256 e. The minimum absolute atomic E-state index is 0.0304. The van der Waals surface area contributed by atoms with Gasteiger partial charge in [-0.3, -0.25) is 19.9 Å². The number of para-hydroxylation sites is 1. The third kappa shape index (κ3) is 2.44. The van der Waals surface area contributed by atoms with Crippen LogP contribution in [0.4, 0.5) is 0 Å². The van der Waals surface area contributed by atoms with E-state index in [0.717, 1.165) is 30.6 Å². The molecule has 2 aromatic heterocycles. The van der Waals surface area contributed by atoms with E-state index in [2.05, 4.69) is 25.1 Å². The fourth-order valence-corrected chi connectivity index (χ4v) is 3.15. The summed E-state index contributed by atoms with van der Waals surface area (Å²) in [6.45, 7) is 0.709. The molecule has 1 aromatic carbocycles. The van der Waals surface area contributed by atoms with Crippen LogP contribution < -0.4 is 0 Å². The molecule has 7 heteroatoms. The number of benzene rings is 1. The minimum atomic E-state index is -0.0642. The number of aromatic nitrogens is 5. The van der Waals surface area contributed by atoms with Gasteiger partial charge in [0, 0.05) is 18.9 Å². The van der Waals surface area contributed by atoms with E-state index in [-0.39, 0.29) is 11.9 Å². The van der Waals surface area contributed by atoms with E-state index in [1.807, 2.05) is 23.1 Å². The number of amides is 1. The Morgan fingerprint density at radius 2 is 2.09 bits per heavy atom. The van der Waals surface area contributed by atoms with Gasteiger partial charge in [0.15, 0.2) is 0 Å². The second-order valence-corrected chi connectivity index (χ2v) is 5.61. The van der Waals surface area contributed by atoms with Crippen LogP contribution in [0.2, 0.25) is 0 Å². The van der Waals surface area contributed by atoms with Crippen molar-refractivity contribution in [1.29, 1.82) is 0 Å². The molecule has 0 bridgehead atoms. The average Bonchev–Trinajstić information content (AvgIpc) is 3.15. The third-order valence-corrected chi connectivity index (χ3v) is 4.24. The summed E-state index contributed by atoms with van der Waals surface area (Å²) in [6.07, 6.45) is 7.68. The lowest BCUT2D eigenvalue weighted by Crippen LogP contribution is -2.39. The van der Waals surface area contributed by atoms with E-state index < -0.39 is 0 Å². The van der Waals surface area contributed by atoms with Gasteiger partial charge in [0.1, 0.15) is 17.7 Å². The molecular weight excluding hydrogens is 292 g/mol. The van der Waals surface area contributed by atoms with Crippen molar-refractivity contribution in [3.63, 3.8) is 0 Å². The highest BCUT2D eigenvalue weighted by molar-refractivity contribution is 6.04. The molecule has 1 aliphatic rings. The molecule has 1 atom stereocenters. The zero-order chi connectivity index (χ0) is 15.6. The number of rotatable bonds is 2. The van der Waals surface area contributed by atoms with Gasteiger partial charge in [0.05, 0.1) is 17.1 Å². The topological polar surface area (TPSA) is 87.7 Å². The van der Waals surface area contributed by atoms with Crippen molar-refractivity contribution in [2.75, 3.05) is 6.54 Å². The molecule has 0 radical (unpaired) electrons. The number of carbonyl (C=O) groups excluding carboxylic acids is 1. The molecule has 3 heterocycles. The van der Waals surface area contributed by atoms with Gasteiger partial charge in [0.25, 0.3) is 5.91 Å². The number of hydrogen-bond acceptors (Lipinski definition) is 5. The summed E-state index contributed by atoms with van der Waals surface area (Å²) in [4.78, 5) is 27.8. The number of H-pyrrole nitrogens is 1. The summed E-state index contributed by atoms with van der Waals surface area (Å²) < 4.78 is 0. The first kappa shape index (κ1) is 13.8. The first-order valence-corrected chi connectivity index (χ1v) is 7.70. The van der Waals surface area contributed by atoms with E-state index in [9.17, 15) is 4.79 Å². The van der Waals surface area contributed by atoms with E-state index in [1.54, 1.807) is 12.4 Å². The number of nitrogens with one attached hydrogen (secondary N) is 1. The zero-order valence-corrected chi connectivity index (χ0v) is 12.5. The minimum Gasteiger partial charge on any atom is -0.328 e. The molecule has 1 amide bonds. The summed E-state index contributed by atoms with van der Waals surface area (Å²) in [7, 11) is 0.